The zero-order chi connectivity index (χ0) is 11.1. The summed E-state index contributed by atoms with van der Waals surface area (Å²) in [5.74, 6) is -0.0975. The van der Waals surface area contributed by atoms with E-state index in [9.17, 15) is 4.79 Å². The summed E-state index contributed by atoms with van der Waals surface area (Å²) in [7, 11) is 1.45. The molecule has 0 aromatic heterocycles. The minimum Gasteiger partial charge on any atom is -0.469 e. The lowest BCUT2D eigenvalue weighted by Gasteiger charge is -2.35. The van der Waals surface area contributed by atoms with Crippen LogP contribution in [-0.2, 0) is 9.53 Å². The predicted octanol–water partition coefficient (Wildman–Crippen LogP) is 0.753. The number of hydrogen-bond acceptors (Lipinski definition) is 4. The normalized spacial score (nSPS) is 22.7. The van der Waals surface area contributed by atoms with Crippen LogP contribution in [0.25, 0.3) is 0 Å². The van der Waals surface area contributed by atoms with Gasteiger partial charge in [-0.3, -0.25) is 9.69 Å². The topological polar surface area (TPSA) is 55.6 Å². The summed E-state index contributed by atoms with van der Waals surface area (Å²) in [6.07, 6.45) is 5.11. The summed E-state index contributed by atoms with van der Waals surface area (Å²) < 4.78 is 4.72. The molecule has 1 saturated heterocycles. The molecule has 1 rings (SSSR count). The largest absolute Gasteiger partial charge is 0.469 e. The highest BCUT2D eigenvalue weighted by Crippen LogP contribution is 2.19. The first-order chi connectivity index (χ1) is 7.27. The highest BCUT2D eigenvalue weighted by Gasteiger charge is 2.24. The van der Waals surface area contributed by atoms with Crippen molar-refractivity contribution in [2.75, 3.05) is 26.7 Å². The second kappa shape index (κ2) is 6.80. The van der Waals surface area contributed by atoms with Crippen molar-refractivity contribution in [3.05, 3.63) is 0 Å². The van der Waals surface area contributed by atoms with Gasteiger partial charge in [0.2, 0.25) is 0 Å². The molecule has 88 valence electrons. The molecule has 0 aromatic rings. The minimum absolute atomic E-state index is 0.0975. The number of carbonyl (C=O) groups is 1. The third kappa shape index (κ3) is 4.18. The van der Waals surface area contributed by atoms with Crippen molar-refractivity contribution in [1.29, 1.82) is 0 Å². The molecule has 0 spiro atoms. The Labute approximate surface area is 91.8 Å². The highest BCUT2D eigenvalue weighted by atomic mass is 16.5. The van der Waals surface area contributed by atoms with E-state index in [4.69, 9.17) is 10.5 Å². The van der Waals surface area contributed by atoms with E-state index in [0.717, 1.165) is 32.5 Å². The Kier molecular flexibility index (Phi) is 5.65. The number of methoxy groups -OCH3 is 1. The van der Waals surface area contributed by atoms with E-state index >= 15 is 0 Å². The van der Waals surface area contributed by atoms with Crippen LogP contribution in [0.15, 0.2) is 0 Å². The van der Waals surface area contributed by atoms with E-state index < -0.39 is 0 Å². The van der Waals surface area contributed by atoms with Crippen LogP contribution in [0.2, 0.25) is 0 Å². The van der Waals surface area contributed by atoms with Gasteiger partial charge in [0.05, 0.1) is 13.5 Å². The smallest absolute Gasteiger partial charge is 0.307 e. The van der Waals surface area contributed by atoms with Gasteiger partial charge in [0.1, 0.15) is 0 Å². The zero-order valence-electron chi connectivity index (χ0n) is 9.58. The van der Waals surface area contributed by atoms with Gasteiger partial charge in [0.25, 0.3) is 0 Å². The molecule has 1 atom stereocenters. The Morgan fingerprint density at radius 1 is 1.53 bits per heavy atom. The number of likely N-dealkylation sites (tertiary alicyclic amines) is 1. The summed E-state index contributed by atoms with van der Waals surface area (Å²) in [5.41, 5.74) is 5.50. The maximum atomic E-state index is 11.2. The fraction of sp³-hybridized carbons (Fsp3) is 0.909. The van der Waals surface area contributed by atoms with E-state index in [1.165, 1.54) is 20.0 Å². The SMILES string of the molecule is COC(=O)CC1CCCCN1CCCN. The second-order valence-corrected chi connectivity index (χ2v) is 4.11. The zero-order valence-corrected chi connectivity index (χ0v) is 9.58. The molecule has 0 amide bonds. The molecule has 1 unspecified atom stereocenters. The first-order valence-corrected chi connectivity index (χ1v) is 5.79. The molecular weight excluding hydrogens is 192 g/mol. The van der Waals surface area contributed by atoms with Gasteiger partial charge in [0, 0.05) is 6.04 Å². The lowest BCUT2D eigenvalue weighted by Crippen LogP contribution is -2.41. The van der Waals surface area contributed by atoms with Gasteiger partial charge in [-0.05, 0) is 38.9 Å². The van der Waals surface area contributed by atoms with E-state index in [0.29, 0.717) is 12.5 Å². The van der Waals surface area contributed by atoms with E-state index in [2.05, 4.69) is 4.90 Å². The molecule has 15 heavy (non-hydrogen) atoms. The van der Waals surface area contributed by atoms with Crippen LogP contribution in [0.3, 0.4) is 0 Å². The fourth-order valence-corrected chi connectivity index (χ4v) is 2.16. The number of nitrogens with zero attached hydrogens (tertiary/aromatic N) is 1. The molecule has 1 aliphatic heterocycles. The van der Waals surface area contributed by atoms with Crippen LogP contribution >= 0.6 is 0 Å². The van der Waals surface area contributed by atoms with Crippen molar-refractivity contribution in [2.24, 2.45) is 5.73 Å². The van der Waals surface area contributed by atoms with Crippen LogP contribution in [0.5, 0.6) is 0 Å². The Morgan fingerprint density at radius 3 is 3.00 bits per heavy atom. The van der Waals surface area contributed by atoms with Crippen LogP contribution in [0.1, 0.15) is 32.1 Å². The predicted molar refractivity (Wildman–Crippen MR) is 59.5 cm³/mol. The highest BCUT2D eigenvalue weighted by molar-refractivity contribution is 5.69. The van der Waals surface area contributed by atoms with Crippen molar-refractivity contribution < 1.29 is 9.53 Å². The van der Waals surface area contributed by atoms with Gasteiger partial charge >= 0.3 is 5.97 Å². The molecule has 2 N–H and O–H groups in total. The second-order valence-electron chi connectivity index (χ2n) is 4.11. The molecule has 4 nitrogen and oxygen atoms in total. The molecule has 0 aromatic carbocycles. The Bertz CT molecular complexity index is 197. The van der Waals surface area contributed by atoms with E-state index in [1.807, 2.05) is 0 Å². The van der Waals surface area contributed by atoms with Crippen molar-refractivity contribution >= 4 is 5.97 Å². The van der Waals surface area contributed by atoms with Crippen molar-refractivity contribution in [3.63, 3.8) is 0 Å². The van der Waals surface area contributed by atoms with Crippen LogP contribution in [0, 0.1) is 0 Å². The van der Waals surface area contributed by atoms with Crippen LogP contribution in [0.4, 0.5) is 0 Å². The third-order valence-electron chi connectivity index (χ3n) is 3.03. The molecule has 0 bridgehead atoms. The lowest BCUT2D eigenvalue weighted by molar-refractivity contribution is -0.142. The average molecular weight is 214 g/mol. The third-order valence-corrected chi connectivity index (χ3v) is 3.03. The molecule has 0 radical (unpaired) electrons. The minimum atomic E-state index is -0.0975. The molecule has 1 aliphatic rings. The maximum absolute atomic E-state index is 11.2. The van der Waals surface area contributed by atoms with E-state index in [1.54, 1.807) is 0 Å². The molecule has 0 saturated carbocycles. The fourth-order valence-electron chi connectivity index (χ4n) is 2.16. The Balaban J connectivity index is 2.38. The van der Waals surface area contributed by atoms with Gasteiger partial charge in [0.15, 0.2) is 0 Å². The van der Waals surface area contributed by atoms with Crippen molar-refractivity contribution in [2.45, 2.75) is 38.1 Å². The van der Waals surface area contributed by atoms with Gasteiger partial charge in [-0.15, -0.1) is 0 Å². The number of hydrogen-bond donors (Lipinski definition) is 1. The van der Waals surface area contributed by atoms with Gasteiger partial charge < -0.3 is 10.5 Å². The quantitative estimate of drug-likeness (QED) is 0.686. The van der Waals surface area contributed by atoms with Crippen LogP contribution in [-0.4, -0.2) is 43.7 Å². The number of carbonyl (C=O) groups excluding carboxylic acids is 1. The summed E-state index contributed by atoms with van der Waals surface area (Å²) >= 11 is 0. The number of piperidine rings is 1. The summed E-state index contributed by atoms with van der Waals surface area (Å²) in [6.45, 7) is 2.83. The van der Waals surface area contributed by atoms with E-state index in [-0.39, 0.29) is 5.97 Å². The molecule has 4 heteroatoms. The first kappa shape index (κ1) is 12.5. The summed E-state index contributed by atoms with van der Waals surface area (Å²) in [6, 6.07) is 0.373. The van der Waals surface area contributed by atoms with Gasteiger partial charge in [-0.1, -0.05) is 6.42 Å². The summed E-state index contributed by atoms with van der Waals surface area (Å²) in [4.78, 5) is 13.6. The maximum Gasteiger partial charge on any atom is 0.307 e. The molecular formula is C11H22N2O2. The number of rotatable bonds is 5. The van der Waals surface area contributed by atoms with Gasteiger partial charge in [-0.25, -0.2) is 0 Å². The standard InChI is InChI=1S/C11H22N2O2/c1-15-11(14)9-10-5-2-3-7-13(10)8-4-6-12/h10H,2-9,12H2,1H3. The molecule has 0 aliphatic carbocycles. The Morgan fingerprint density at radius 2 is 2.33 bits per heavy atom. The number of ether oxygens (including phenoxy) is 1. The lowest BCUT2D eigenvalue weighted by atomic mass is 9.99. The molecule has 1 heterocycles. The van der Waals surface area contributed by atoms with Crippen LogP contribution < -0.4 is 5.73 Å². The van der Waals surface area contributed by atoms with Crippen molar-refractivity contribution in [3.8, 4) is 0 Å². The summed E-state index contributed by atoms with van der Waals surface area (Å²) in [5, 5.41) is 0. The van der Waals surface area contributed by atoms with Crippen molar-refractivity contribution in [1.82, 2.24) is 4.90 Å². The van der Waals surface area contributed by atoms with Gasteiger partial charge in [-0.2, -0.15) is 0 Å². The first-order valence-electron chi connectivity index (χ1n) is 5.79. The number of nitrogens with two attached hydrogens (primary N) is 1. The monoisotopic (exact) mass is 214 g/mol. The molecule has 1 fully saturated rings. The number of esters is 1. The Hall–Kier alpha value is -0.610. The average Bonchev–Trinajstić information content (AvgIpc) is 2.28.